The fraction of sp³-hybridized carbons (Fsp3) is 0.500. The van der Waals surface area contributed by atoms with Crippen LogP contribution in [0.2, 0.25) is 0 Å². The van der Waals surface area contributed by atoms with E-state index in [1.807, 2.05) is 20.8 Å². The average Bonchev–Trinajstić information content (AvgIpc) is 2.36. The summed E-state index contributed by atoms with van der Waals surface area (Å²) in [6, 6.07) is 5.07. The van der Waals surface area contributed by atoms with Crippen LogP contribution in [-0.4, -0.2) is 50.2 Å². The summed E-state index contributed by atoms with van der Waals surface area (Å²) in [4.78, 5) is 26.1. The summed E-state index contributed by atoms with van der Waals surface area (Å²) in [5.74, 6) is 0.681. The molecule has 0 aliphatic carbocycles. The first-order valence-corrected chi connectivity index (χ1v) is 6.94. The van der Waals surface area contributed by atoms with Crippen molar-refractivity contribution in [3.8, 4) is 11.5 Å². The van der Waals surface area contributed by atoms with Gasteiger partial charge in [0.15, 0.2) is 0 Å². The van der Waals surface area contributed by atoms with E-state index in [0.29, 0.717) is 11.5 Å². The predicted octanol–water partition coefficient (Wildman–Crippen LogP) is 3.10. The minimum atomic E-state index is -0.490. The Morgan fingerprint density at radius 2 is 1.18 bits per heavy atom. The SMILES string of the molecule is CN(C)C(=O)Oc1cc(OC(=O)N(C)C)cc(C(C)(C)C)c1. The largest absolute Gasteiger partial charge is 0.414 e. The summed E-state index contributed by atoms with van der Waals surface area (Å²) in [6.07, 6.45) is -0.980. The van der Waals surface area contributed by atoms with Crippen LogP contribution in [0.5, 0.6) is 11.5 Å². The van der Waals surface area contributed by atoms with E-state index in [1.165, 1.54) is 15.9 Å². The maximum Gasteiger partial charge on any atom is 0.414 e. The van der Waals surface area contributed by atoms with Crippen molar-refractivity contribution in [2.75, 3.05) is 28.2 Å². The summed E-state index contributed by atoms with van der Waals surface area (Å²) < 4.78 is 10.6. The smallest absolute Gasteiger partial charge is 0.410 e. The summed E-state index contributed by atoms with van der Waals surface area (Å²) in [6.45, 7) is 6.08. The average molecular weight is 308 g/mol. The highest BCUT2D eigenvalue weighted by molar-refractivity contribution is 5.72. The summed E-state index contributed by atoms with van der Waals surface area (Å²) in [5.41, 5.74) is 0.720. The Labute approximate surface area is 131 Å². The molecule has 1 aromatic carbocycles. The van der Waals surface area contributed by atoms with Crippen LogP contribution in [0.4, 0.5) is 9.59 Å². The third-order valence-electron chi connectivity index (χ3n) is 2.89. The number of ether oxygens (including phenoxy) is 2. The zero-order valence-corrected chi connectivity index (χ0v) is 14.3. The van der Waals surface area contributed by atoms with Gasteiger partial charge in [-0.15, -0.1) is 0 Å². The fourth-order valence-electron chi connectivity index (χ4n) is 1.51. The van der Waals surface area contributed by atoms with Gasteiger partial charge in [0.2, 0.25) is 0 Å². The third-order valence-corrected chi connectivity index (χ3v) is 2.89. The van der Waals surface area contributed by atoms with Crippen LogP contribution in [-0.2, 0) is 5.41 Å². The van der Waals surface area contributed by atoms with Gasteiger partial charge in [-0.2, -0.15) is 0 Å². The van der Waals surface area contributed by atoms with E-state index in [-0.39, 0.29) is 5.41 Å². The number of rotatable bonds is 2. The second-order valence-electron chi connectivity index (χ2n) is 6.47. The number of carbonyl (C=O) groups is 2. The molecule has 122 valence electrons. The number of hydrogen-bond acceptors (Lipinski definition) is 4. The van der Waals surface area contributed by atoms with Crippen LogP contribution >= 0.6 is 0 Å². The third kappa shape index (κ3) is 4.95. The van der Waals surface area contributed by atoms with E-state index < -0.39 is 12.2 Å². The molecule has 1 rings (SSSR count). The van der Waals surface area contributed by atoms with Crippen LogP contribution in [0.25, 0.3) is 0 Å². The minimum Gasteiger partial charge on any atom is -0.410 e. The lowest BCUT2D eigenvalue weighted by atomic mass is 9.87. The van der Waals surface area contributed by atoms with Crippen molar-refractivity contribution in [3.05, 3.63) is 23.8 Å². The number of benzene rings is 1. The van der Waals surface area contributed by atoms with Gasteiger partial charge in [0, 0.05) is 34.3 Å². The van der Waals surface area contributed by atoms with E-state index in [0.717, 1.165) is 5.56 Å². The van der Waals surface area contributed by atoms with Crippen molar-refractivity contribution in [1.29, 1.82) is 0 Å². The van der Waals surface area contributed by atoms with Crippen LogP contribution in [0, 0.1) is 0 Å². The molecule has 0 spiro atoms. The van der Waals surface area contributed by atoms with Gasteiger partial charge >= 0.3 is 12.2 Å². The molecule has 22 heavy (non-hydrogen) atoms. The molecule has 0 aliphatic heterocycles. The maximum absolute atomic E-state index is 11.7. The van der Waals surface area contributed by atoms with E-state index in [4.69, 9.17) is 9.47 Å². The molecule has 2 amide bonds. The van der Waals surface area contributed by atoms with E-state index in [9.17, 15) is 9.59 Å². The summed E-state index contributed by atoms with van der Waals surface area (Å²) >= 11 is 0. The molecule has 1 aromatic rings. The molecule has 6 nitrogen and oxygen atoms in total. The highest BCUT2D eigenvalue weighted by Gasteiger charge is 2.19. The van der Waals surface area contributed by atoms with Gasteiger partial charge in [0.1, 0.15) is 11.5 Å². The molecule has 0 heterocycles. The Bertz CT molecular complexity index is 520. The van der Waals surface area contributed by atoms with Crippen molar-refractivity contribution in [3.63, 3.8) is 0 Å². The van der Waals surface area contributed by atoms with Gasteiger partial charge in [0.25, 0.3) is 0 Å². The molecule has 0 aromatic heterocycles. The normalized spacial score (nSPS) is 10.9. The number of carbonyl (C=O) groups excluding carboxylic acids is 2. The first-order valence-electron chi connectivity index (χ1n) is 6.94. The first kappa shape index (κ1) is 17.8. The van der Waals surface area contributed by atoms with Gasteiger partial charge in [-0.3, -0.25) is 0 Å². The van der Waals surface area contributed by atoms with Gasteiger partial charge in [-0.25, -0.2) is 9.59 Å². The standard InChI is InChI=1S/C16H24N2O4/c1-16(2,3)11-8-12(21-14(19)17(4)5)10-13(9-11)22-15(20)18(6)7/h8-10H,1-7H3. The summed E-state index contributed by atoms with van der Waals surface area (Å²) in [7, 11) is 6.40. The van der Waals surface area contributed by atoms with Gasteiger partial charge in [0.05, 0.1) is 0 Å². The van der Waals surface area contributed by atoms with Crippen LogP contribution in [0.3, 0.4) is 0 Å². The lowest BCUT2D eigenvalue weighted by molar-refractivity contribution is 0.169. The van der Waals surface area contributed by atoms with E-state index in [1.54, 1.807) is 40.3 Å². The topological polar surface area (TPSA) is 59.1 Å². The number of hydrogen-bond donors (Lipinski definition) is 0. The zero-order chi connectivity index (χ0) is 17.1. The van der Waals surface area contributed by atoms with Crippen LogP contribution in [0.15, 0.2) is 18.2 Å². The Balaban J connectivity index is 3.16. The highest BCUT2D eigenvalue weighted by atomic mass is 16.6. The monoisotopic (exact) mass is 308 g/mol. The van der Waals surface area contributed by atoms with Crippen molar-refractivity contribution in [1.82, 2.24) is 9.80 Å². The van der Waals surface area contributed by atoms with Gasteiger partial charge < -0.3 is 19.3 Å². The van der Waals surface area contributed by atoms with Crippen LogP contribution in [0.1, 0.15) is 26.3 Å². The second-order valence-corrected chi connectivity index (χ2v) is 6.47. The molecule has 0 N–H and O–H groups in total. The second kappa shape index (κ2) is 6.68. The van der Waals surface area contributed by atoms with Crippen molar-refractivity contribution < 1.29 is 19.1 Å². The molecule has 0 radical (unpaired) electrons. The fourth-order valence-corrected chi connectivity index (χ4v) is 1.51. The van der Waals surface area contributed by atoms with Crippen molar-refractivity contribution in [2.24, 2.45) is 0 Å². The molecule has 6 heteroatoms. The Morgan fingerprint density at radius 1 is 0.818 bits per heavy atom. The van der Waals surface area contributed by atoms with Crippen molar-refractivity contribution in [2.45, 2.75) is 26.2 Å². The minimum absolute atomic E-state index is 0.181. The van der Waals surface area contributed by atoms with Crippen molar-refractivity contribution >= 4 is 12.2 Å². The zero-order valence-electron chi connectivity index (χ0n) is 14.3. The molecule has 0 fully saturated rings. The number of nitrogens with zero attached hydrogens (tertiary/aromatic N) is 2. The lowest BCUT2D eigenvalue weighted by Gasteiger charge is -2.21. The van der Waals surface area contributed by atoms with Gasteiger partial charge in [-0.05, 0) is 23.1 Å². The lowest BCUT2D eigenvalue weighted by Crippen LogP contribution is -2.26. The van der Waals surface area contributed by atoms with E-state index >= 15 is 0 Å². The maximum atomic E-state index is 11.7. The molecule has 0 aliphatic rings. The molecular formula is C16H24N2O4. The molecular weight excluding hydrogens is 284 g/mol. The predicted molar refractivity (Wildman–Crippen MR) is 84.6 cm³/mol. The molecule has 0 saturated carbocycles. The molecule has 0 bridgehead atoms. The molecule has 0 unspecified atom stereocenters. The Morgan fingerprint density at radius 3 is 1.45 bits per heavy atom. The van der Waals surface area contributed by atoms with Gasteiger partial charge in [-0.1, -0.05) is 20.8 Å². The van der Waals surface area contributed by atoms with Crippen LogP contribution < -0.4 is 9.47 Å². The Kier molecular flexibility index (Phi) is 5.41. The van der Waals surface area contributed by atoms with E-state index in [2.05, 4.69) is 0 Å². The summed E-state index contributed by atoms with van der Waals surface area (Å²) in [5, 5.41) is 0. The molecule has 0 atom stereocenters. The number of amides is 2. The highest BCUT2D eigenvalue weighted by Crippen LogP contribution is 2.31. The first-order chi connectivity index (χ1) is 10.0. The molecule has 0 saturated heterocycles. The quantitative estimate of drug-likeness (QED) is 0.842. The Hall–Kier alpha value is -2.24.